The van der Waals surface area contributed by atoms with Gasteiger partial charge in [-0.15, -0.1) is 0 Å². The van der Waals surface area contributed by atoms with E-state index in [-0.39, 0.29) is 0 Å². The van der Waals surface area contributed by atoms with E-state index in [0.29, 0.717) is 0 Å². The lowest BCUT2D eigenvalue weighted by Gasteiger charge is -2.51. The first-order valence-corrected chi connectivity index (χ1v) is 23.9. The van der Waals surface area contributed by atoms with Crippen molar-refractivity contribution >= 4 is 22.3 Å². The molecule has 0 aromatic carbocycles. The minimum Gasteiger partial charge on any atom is -0.479 e. The van der Waals surface area contributed by atoms with E-state index in [2.05, 4.69) is 9.50 Å². The van der Waals surface area contributed by atoms with Crippen molar-refractivity contribution in [1.29, 1.82) is 0 Å². The van der Waals surface area contributed by atoms with Crippen molar-refractivity contribution in [3.05, 3.63) is 0 Å². The molecule has 0 aromatic rings. The maximum absolute atomic E-state index is 12.2. The molecule has 0 aromatic heterocycles. The maximum Gasteiger partial charge on any atom is 0.397 e. The van der Waals surface area contributed by atoms with Crippen LogP contribution in [0.3, 0.4) is 0 Å². The summed E-state index contributed by atoms with van der Waals surface area (Å²) in [5.74, 6) is -2.90. The van der Waals surface area contributed by atoms with Crippen molar-refractivity contribution in [3.63, 3.8) is 0 Å². The van der Waals surface area contributed by atoms with Gasteiger partial charge in [0, 0.05) is 6.92 Å². The van der Waals surface area contributed by atoms with Gasteiger partial charge in [0.05, 0.1) is 45.2 Å². The van der Waals surface area contributed by atoms with E-state index in [9.17, 15) is 114 Å². The van der Waals surface area contributed by atoms with Crippen LogP contribution in [-0.2, 0) is 71.5 Å². The first-order valence-electron chi connectivity index (χ1n) is 22.6. The summed E-state index contributed by atoms with van der Waals surface area (Å²) in [6, 6.07) is -1.67. The second kappa shape index (κ2) is 26.6. The molecule has 20 N–H and O–H groups in total. The molecule has 0 spiro atoms. The number of amides is 1. The molecular formula is C38H65NO34S. The van der Waals surface area contributed by atoms with E-state index in [4.69, 9.17) is 47.4 Å². The van der Waals surface area contributed by atoms with Crippen molar-refractivity contribution in [2.45, 2.75) is 192 Å². The van der Waals surface area contributed by atoms with Gasteiger partial charge in [-0.05, 0) is 6.92 Å². The van der Waals surface area contributed by atoms with Gasteiger partial charge in [0.2, 0.25) is 5.91 Å². The molecule has 5 aliphatic heterocycles. The highest BCUT2D eigenvalue weighted by Crippen LogP contribution is 2.38. The first kappa shape index (κ1) is 62.6. The number of aliphatic carboxylic acids is 1. The maximum atomic E-state index is 12.2. The van der Waals surface area contributed by atoms with Crippen molar-refractivity contribution in [2.75, 3.05) is 33.0 Å². The van der Waals surface area contributed by atoms with Gasteiger partial charge in [0.15, 0.2) is 37.6 Å². The normalized spacial score (nSPS) is 45.0. The van der Waals surface area contributed by atoms with Gasteiger partial charge >= 0.3 is 16.4 Å². The summed E-state index contributed by atoms with van der Waals surface area (Å²) in [5, 5.41) is 194. The second-order valence-corrected chi connectivity index (χ2v) is 18.8. The lowest BCUT2D eigenvalue weighted by atomic mass is 9.94. The van der Waals surface area contributed by atoms with Gasteiger partial charge < -0.3 is 145 Å². The zero-order valence-electron chi connectivity index (χ0n) is 38.8. The lowest BCUT2D eigenvalue weighted by Crippen LogP contribution is -2.69. The minimum atomic E-state index is -5.63. The predicted molar refractivity (Wildman–Crippen MR) is 223 cm³/mol. The summed E-state index contributed by atoms with van der Waals surface area (Å²) in [5.41, 5.74) is 0. The van der Waals surface area contributed by atoms with Crippen molar-refractivity contribution < 1.29 is 166 Å². The summed E-state index contributed by atoms with van der Waals surface area (Å²) in [6.45, 7) is -3.51. The summed E-state index contributed by atoms with van der Waals surface area (Å²) in [6.07, 6.45) is -61.4. The summed E-state index contributed by atoms with van der Waals surface area (Å²) < 4.78 is 94.1. The van der Waals surface area contributed by atoms with E-state index in [0.717, 1.165) is 6.92 Å². The van der Waals surface area contributed by atoms with Crippen molar-refractivity contribution in [1.82, 2.24) is 5.32 Å². The largest absolute Gasteiger partial charge is 0.479 e. The Morgan fingerprint density at radius 3 is 1.55 bits per heavy atom. The van der Waals surface area contributed by atoms with Crippen LogP contribution in [0, 0.1) is 0 Å². The van der Waals surface area contributed by atoms with Gasteiger partial charge in [-0.3, -0.25) is 9.35 Å². The number of carboxylic acid groups (broad SMARTS) is 1. The Bertz CT molecular complexity index is 1890. The van der Waals surface area contributed by atoms with E-state index in [1.165, 1.54) is 6.92 Å². The SMILES string of the molecule is CC(=O)N[C@@H](CO)[C@@H](O[C@@H]1O[C@H](CO)[C@H](O[C@@H]2O[C@H](CO)[C@H](O[C@@H]3O[C@H](CO)[C@H](O)[C@H](O)[C@H]3O)[C@H](O[C@@H]3O[C@H](C(=O)O)[C@@H](O)[C@H](OS(=O)(=O)O)[C@H]3O)[C@H]2O)[C@H](O)[C@H]1O[C@@H]1O[C@@H](C)[C@@H](O)[C@@H](O)[C@@H]1O)[C@@H](O)[C@H](O)CO. The highest BCUT2D eigenvalue weighted by Gasteiger charge is 2.59. The molecule has 5 heterocycles. The third kappa shape index (κ3) is 14.1. The molecule has 0 saturated carbocycles. The van der Waals surface area contributed by atoms with E-state index in [1.54, 1.807) is 0 Å². The predicted octanol–water partition coefficient (Wildman–Crippen LogP) is -13.4. The Balaban J connectivity index is 1.57. The number of nitrogens with one attached hydrogen (secondary N) is 1. The molecule has 5 rings (SSSR count). The fourth-order valence-electron chi connectivity index (χ4n) is 8.66. The standard InChI is InChI=1S/C38H65NO34S/c1-8-15(47)18(50)20(52)34(63-8)72-32-22(54)27(13(6-43)66-38(32)67-26(16(48)11(46)4-41)10(3-40)39-9(2)45)68-36-25(57)30(70-37-24(56)29(73-74(60,61)62)23(55)31(71-37)33(58)59)28(14(7-44)65-36)69-35-21(53)19(51)17(49)12(5-42)64-35/h8,10-32,34-38,40-44,46-57H,3-7H2,1-2H3,(H,39,45)(H,58,59)(H,60,61,62)/t8-,10-,11+,12+,13+,14+,15+,16-,17-,18+,19-,20-,21+,22-,23-,24+,25+,26+,27-,28-,29-,30+,31-,32+,34-,35-,36-,37+,38-/m0/s1. The molecule has 35 nitrogen and oxygen atoms in total. The van der Waals surface area contributed by atoms with E-state index in [1.807, 2.05) is 0 Å². The minimum absolute atomic E-state index is 0.840. The molecule has 432 valence electrons. The number of carboxylic acids is 1. The Kier molecular flexibility index (Phi) is 22.5. The highest BCUT2D eigenvalue weighted by molar-refractivity contribution is 7.80. The fourth-order valence-corrected chi connectivity index (χ4v) is 9.17. The molecule has 0 unspecified atom stereocenters. The molecule has 5 fully saturated rings. The molecule has 36 heteroatoms. The van der Waals surface area contributed by atoms with Gasteiger partial charge in [-0.25, -0.2) is 8.98 Å². The van der Waals surface area contributed by atoms with Crippen LogP contribution in [0.5, 0.6) is 0 Å². The molecule has 5 saturated heterocycles. The third-order valence-electron chi connectivity index (χ3n) is 12.6. The highest BCUT2D eigenvalue weighted by atomic mass is 32.3. The van der Waals surface area contributed by atoms with Gasteiger partial charge in [-0.1, -0.05) is 0 Å². The van der Waals surface area contributed by atoms with Crippen LogP contribution in [0.25, 0.3) is 0 Å². The van der Waals surface area contributed by atoms with Crippen LogP contribution < -0.4 is 5.32 Å². The average molecular weight is 1110 g/mol. The van der Waals surface area contributed by atoms with Gasteiger partial charge in [0.25, 0.3) is 0 Å². The lowest BCUT2D eigenvalue weighted by molar-refractivity contribution is -0.407. The van der Waals surface area contributed by atoms with Crippen LogP contribution in [0.2, 0.25) is 0 Å². The summed E-state index contributed by atoms with van der Waals surface area (Å²) >= 11 is 0. The van der Waals surface area contributed by atoms with Gasteiger partial charge in [-0.2, -0.15) is 8.42 Å². The summed E-state index contributed by atoms with van der Waals surface area (Å²) in [7, 11) is -5.63. The van der Waals surface area contributed by atoms with Crippen LogP contribution in [0.1, 0.15) is 13.8 Å². The molecule has 5 aliphatic rings. The first-order chi connectivity index (χ1) is 34.6. The zero-order valence-corrected chi connectivity index (χ0v) is 39.6. The number of aliphatic hydroxyl groups excluding tert-OH is 17. The molecule has 0 radical (unpaired) electrons. The van der Waals surface area contributed by atoms with Crippen molar-refractivity contribution in [3.8, 4) is 0 Å². The second-order valence-electron chi connectivity index (χ2n) is 17.8. The smallest absolute Gasteiger partial charge is 0.397 e. The van der Waals surface area contributed by atoms with Crippen LogP contribution in [-0.4, -0.2) is 328 Å². The summed E-state index contributed by atoms with van der Waals surface area (Å²) in [4.78, 5) is 24.3. The monoisotopic (exact) mass is 1110 g/mol. The number of hydrogen-bond donors (Lipinski definition) is 20. The van der Waals surface area contributed by atoms with Crippen LogP contribution >= 0.6 is 0 Å². The van der Waals surface area contributed by atoms with E-state index >= 15 is 0 Å². The van der Waals surface area contributed by atoms with Gasteiger partial charge in [0.1, 0.15) is 128 Å². The molecule has 74 heavy (non-hydrogen) atoms. The average Bonchev–Trinajstić information content (AvgIpc) is 3.35. The molecular weight excluding hydrogens is 1050 g/mol. The van der Waals surface area contributed by atoms with Crippen LogP contribution in [0.4, 0.5) is 0 Å². The fraction of sp³-hybridized carbons (Fsp3) is 0.947. The Morgan fingerprint density at radius 1 is 0.541 bits per heavy atom. The van der Waals surface area contributed by atoms with Crippen LogP contribution in [0.15, 0.2) is 0 Å². The Morgan fingerprint density at radius 2 is 1.01 bits per heavy atom. The number of rotatable bonds is 22. The molecule has 1 amide bonds. The third-order valence-corrected chi connectivity index (χ3v) is 13.1. The number of carbonyl (C=O) groups excluding carboxylic acids is 1. The topological polar surface area (TPSA) is 566 Å². The zero-order chi connectivity index (χ0) is 55.4. The van der Waals surface area contributed by atoms with Crippen molar-refractivity contribution in [2.24, 2.45) is 0 Å². The molecule has 0 bridgehead atoms. The quantitative estimate of drug-likeness (QED) is 0.0448. The Hall–Kier alpha value is -2.27. The number of hydrogen-bond acceptors (Lipinski definition) is 32. The Labute approximate surface area is 417 Å². The number of carbonyl (C=O) groups is 2. The molecule has 29 atom stereocenters. The number of ether oxygens (including phenoxy) is 10. The van der Waals surface area contributed by atoms with E-state index < -0.39 is 233 Å². The number of aliphatic hydroxyl groups is 17. The molecule has 0 aliphatic carbocycles.